The predicted molar refractivity (Wildman–Crippen MR) is 103 cm³/mol. The summed E-state index contributed by atoms with van der Waals surface area (Å²) in [4.78, 5) is 1.89. The molecule has 0 spiro atoms. The van der Waals surface area contributed by atoms with Crippen molar-refractivity contribution in [2.75, 3.05) is 23.9 Å². The van der Waals surface area contributed by atoms with E-state index in [-0.39, 0.29) is 0 Å². The van der Waals surface area contributed by atoms with Gasteiger partial charge in [-0.2, -0.15) is 5.26 Å². The van der Waals surface area contributed by atoms with E-state index < -0.39 is 0 Å². The van der Waals surface area contributed by atoms with Gasteiger partial charge in [-0.15, -0.1) is 0 Å². The number of aryl methyl sites for hydroxylation is 1. The van der Waals surface area contributed by atoms with Crippen LogP contribution in [-0.2, 0) is 6.42 Å². The quantitative estimate of drug-likeness (QED) is 0.792. The number of para-hydroxylation sites is 2. The standard InChI is InChI=1S/C19H21N3OS/c1-3-15-9-11-16(12-10-15)21-19(24)22(14-6-13-20)17-7-4-5-8-18(17)23-2/h4-5,7-12H,3,6,14H2,1-2H3,(H,21,24). The minimum Gasteiger partial charge on any atom is -0.495 e. The maximum atomic E-state index is 8.95. The van der Waals surface area contributed by atoms with Gasteiger partial charge in [0.1, 0.15) is 5.75 Å². The van der Waals surface area contributed by atoms with Crippen molar-refractivity contribution in [3.05, 3.63) is 54.1 Å². The molecule has 5 heteroatoms. The summed E-state index contributed by atoms with van der Waals surface area (Å²) in [5, 5.41) is 12.7. The van der Waals surface area contributed by atoms with E-state index in [4.69, 9.17) is 22.2 Å². The van der Waals surface area contributed by atoms with Crippen molar-refractivity contribution in [3.8, 4) is 11.8 Å². The van der Waals surface area contributed by atoms with Gasteiger partial charge in [0.05, 0.1) is 25.3 Å². The number of benzene rings is 2. The van der Waals surface area contributed by atoms with E-state index in [1.54, 1.807) is 7.11 Å². The highest BCUT2D eigenvalue weighted by Crippen LogP contribution is 2.28. The molecule has 2 rings (SSSR count). The van der Waals surface area contributed by atoms with Crippen LogP contribution in [0.25, 0.3) is 0 Å². The highest BCUT2D eigenvalue weighted by atomic mass is 32.1. The molecule has 0 heterocycles. The molecule has 0 radical (unpaired) electrons. The third-order valence-electron chi connectivity index (χ3n) is 3.68. The molecule has 2 aromatic carbocycles. The van der Waals surface area contributed by atoms with Crippen molar-refractivity contribution in [1.82, 2.24) is 0 Å². The first-order valence-corrected chi connectivity index (χ1v) is 8.27. The smallest absolute Gasteiger partial charge is 0.178 e. The number of thiocarbonyl (C=S) groups is 1. The number of methoxy groups -OCH3 is 1. The van der Waals surface area contributed by atoms with E-state index in [0.29, 0.717) is 18.1 Å². The molecule has 0 amide bonds. The number of hydrogen-bond donors (Lipinski definition) is 1. The molecular weight excluding hydrogens is 318 g/mol. The van der Waals surface area contributed by atoms with E-state index in [1.165, 1.54) is 5.56 Å². The van der Waals surface area contributed by atoms with Crippen LogP contribution in [0.3, 0.4) is 0 Å². The molecule has 0 bridgehead atoms. The summed E-state index contributed by atoms with van der Waals surface area (Å²) >= 11 is 5.57. The molecule has 0 unspecified atom stereocenters. The largest absolute Gasteiger partial charge is 0.495 e. The lowest BCUT2D eigenvalue weighted by atomic mass is 10.1. The maximum absolute atomic E-state index is 8.95. The van der Waals surface area contributed by atoms with Gasteiger partial charge in [-0.25, -0.2) is 0 Å². The van der Waals surface area contributed by atoms with E-state index in [9.17, 15) is 0 Å². The third-order valence-corrected chi connectivity index (χ3v) is 4.00. The third kappa shape index (κ3) is 4.46. The van der Waals surface area contributed by atoms with Crippen molar-refractivity contribution < 1.29 is 4.74 Å². The van der Waals surface area contributed by atoms with E-state index in [1.807, 2.05) is 41.3 Å². The Kier molecular flexibility index (Phi) is 6.59. The normalized spacial score (nSPS) is 9.88. The number of hydrogen-bond acceptors (Lipinski definition) is 3. The summed E-state index contributed by atoms with van der Waals surface area (Å²) in [6.07, 6.45) is 1.37. The van der Waals surface area contributed by atoms with E-state index >= 15 is 0 Å². The van der Waals surface area contributed by atoms with Crippen LogP contribution >= 0.6 is 12.2 Å². The Morgan fingerprint density at radius 3 is 2.54 bits per heavy atom. The average Bonchev–Trinajstić information content (AvgIpc) is 2.63. The average molecular weight is 339 g/mol. The van der Waals surface area contributed by atoms with Gasteiger partial charge in [0, 0.05) is 12.2 Å². The van der Waals surface area contributed by atoms with Gasteiger partial charge in [-0.05, 0) is 48.5 Å². The number of nitrogens with zero attached hydrogens (tertiary/aromatic N) is 2. The molecule has 0 saturated carbocycles. The summed E-state index contributed by atoms with van der Waals surface area (Å²) in [6.45, 7) is 2.62. The zero-order valence-electron chi connectivity index (χ0n) is 14.0. The molecule has 0 fully saturated rings. The second-order valence-corrected chi connectivity index (χ2v) is 5.60. The van der Waals surface area contributed by atoms with Crippen LogP contribution in [0.5, 0.6) is 5.75 Å². The first-order valence-electron chi connectivity index (χ1n) is 7.87. The Labute approximate surface area is 148 Å². The van der Waals surface area contributed by atoms with Gasteiger partial charge in [0.15, 0.2) is 5.11 Å². The van der Waals surface area contributed by atoms with Crippen LogP contribution in [-0.4, -0.2) is 18.8 Å². The Morgan fingerprint density at radius 1 is 1.21 bits per heavy atom. The lowest BCUT2D eigenvalue weighted by Gasteiger charge is -2.26. The molecular formula is C19H21N3OS. The number of ether oxygens (including phenoxy) is 1. The summed E-state index contributed by atoms with van der Waals surface area (Å²) in [5.74, 6) is 0.723. The molecule has 0 atom stereocenters. The zero-order valence-corrected chi connectivity index (χ0v) is 14.8. The molecule has 0 aliphatic heterocycles. The van der Waals surface area contributed by atoms with Crippen LogP contribution in [0.1, 0.15) is 18.9 Å². The number of anilines is 2. The second-order valence-electron chi connectivity index (χ2n) is 5.21. The van der Waals surface area contributed by atoms with Gasteiger partial charge >= 0.3 is 0 Å². The van der Waals surface area contributed by atoms with E-state index in [0.717, 1.165) is 23.5 Å². The second kappa shape index (κ2) is 8.90. The first-order chi connectivity index (χ1) is 11.7. The highest BCUT2D eigenvalue weighted by molar-refractivity contribution is 7.80. The van der Waals surface area contributed by atoms with Crippen molar-refractivity contribution in [2.24, 2.45) is 0 Å². The molecule has 0 aliphatic carbocycles. The van der Waals surface area contributed by atoms with Crippen LogP contribution in [0.2, 0.25) is 0 Å². The zero-order chi connectivity index (χ0) is 17.4. The number of rotatable bonds is 6. The molecule has 0 aromatic heterocycles. The highest BCUT2D eigenvalue weighted by Gasteiger charge is 2.16. The Morgan fingerprint density at radius 2 is 1.92 bits per heavy atom. The Balaban J connectivity index is 2.23. The van der Waals surface area contributed by atoms with Gasteiger partial charge < -0.3 is 15.0 Å². The Hall–Kier alpha value is -2.58. The molecule has 4 nitrogen and oxygen atoms in total. The fourth-order valence-corrected chi connectivity index (χ4v) is 2.67. The predicted octanol–water partition coefficient (Wildman–Crippen LogP) is 4.37. The van der Waals surface area contributed by atoms with Crippen molar-refractivity contribution in [3.63, 3.8) is 0 Å². The minimum atomic E-state index is 0.370. The SMILES string of the molecule is CCc1ccc(NC(=S)N(CCC#N)c2ccccc2OC)cc1. The van der Waals surface area contributed by atoms with Crippen molar-refractivity contribution in [1.29, 1.82) is 5.26 Å². The van der Waals surface area contributed by atoms with Gasteiger partial charge in [0.2, 0.25) is 0 Å². The van der Waals surface area contributed by atoms with Crippen molar-refractivity contribution in [2.45, 2.75) is 19.8 Å². The summed E-state index contributed by atoms with van der Waals surface area (Å²) < 4.78 is 5.42. The fraction of sp³-hybridized carbons (Fsp3) is 0.263. The topological polar surface area (TPSA) is 48.3 Å². The van der Waals surface area contributed by atoms with Gasteiger partial charge in [-0.3, -0.25) is 0 Å². The van der Waals surface area contributed by atoms with Gasteiger partial charge in [-0.1, -0.05) is 31.2 Å². The summed E-state index contributed by atoms with van der Waals surface area (Å²) in [7, 11) is 1.63. The maximum Gasteiger partial charge on any atom is 0.178 e. The first kappa shape index (κ1) is 17.8. The minimum absolute atomic E-state index is 0.370. The molecule has 24 heavy (non-hydrogen) atoms. The molecule has 0 aliphatic rings. The van der Waals surface area contributed by atoms with E-state index in [2.05, 4.69) is 30.4 Å². The van der Waals surface area contributed by atoms with Crippen LogP contribution in [0.15, 0.2) is 48.5 Å². The lowest BCUT2D eigenvalue weighted by Crippen LogP contribution is -2.35. The monoisotopic (exact) mass is 339 g/mol. The molecule has 2 aromatic rings. The molecule has 0 saturated heterocycles. The Bertz CT molecular complexity index is 722. The summed E-state index contributed by atoms with van der Waals surface area (Å²) in [5.41, 5.74) is 3.05. The molecule has 124 valence electrons. The van der Waals surface area contributed by atoms with Crippen LogP contribution in [0.4, 0.5) is 11.4 Å². The lowest BCUT2D eigenvalue weighted by molar-refractivity contribution is 0.415. The number of nitriles is 1. The summed E-state index contributed by atoms with van der Waals surface area (Å²) in [6, 6.07) is 18.0. The van der Waals surface area contributed by atoms with Crippen LogP contribution < -0.4 is 15.0 Å². The van der Waals surface area contributed by atoms with Crippen LogP contribution in [0, 0.1) is 11.3 Å². The fourth-order valence-electron chi connectivity index (χ4n) is 2.36. The molecule has 1 N–H and O–H groups in total. The van der Waals surface area contributed by atoms with Gasteiger partial charge in [0.25, 0.3) is 0 Å². The van der Waals surface area contributed by atoms with Crippen molar-refractivity contribution >= 4 is 28.7 Å². The number of nitrogens with one attached hydrogen (secondary N) is 1.